The largest absolute Gasteiger partial charge is 0.349 e. The zero-order chi connectivity index (χ0) is 20.0. The molecule has 0 spiro atoms. The van der Waals surface area contributed by atoms with Gasteiger partial charge in [0.05, 0.1) is 23.7 Å². The third kappa shape index (κ3) is 2.70. The van der Waals surface area contributed by atoms with Gasteiger partial charge in [0.25, 0.3) is 0 Å². The van der Waals surface area contributed by atoms with E-state index in [4.69, 9.17) is 5.10 Å². The molecular weight excluding hydrogens is 350 g/mol. The summed E-state index contributed by atoms with van der Waals surface area (Å²) in [6.07, 6.45) is 7.33. The number of fused-ring (bicyclic) bond motifs is 2. The van der Waals surface area contributed by atoms with Gasteiger partial charge in [-0.1, -0.05) is 13.2 Å². The fraction of sp³-hybridized carbons (Fsp3) is 0.286. The molecule has 4 rings (SSSR count). The summed E-state index contributed by atoms with van der Waals surface area (Å²) in [5.74, 6) is 1.77. The Bertz CT molecular complexity index is 1100. The molecule has 1 unspecified atom stereocenters. The first-order chi connectivity index (χ1) is 13.4. The van der Waals surface area contributed by atoms with E-state index in [-0.39, 0.29) is 6.04 Å². The third-order valence-corrected chi connectivity index (χ3v) is 5.51. The molecule has 0 bridgehead atoms. The average molecular weight is 375 g/mol. The second-order valence-corrected chi connectivity index (χ2v) is 7.21. The van der Waals surface area contributed by atoms with E-state index in [0.29, 0.717) is 6.54 Å². The van der Waals surface area contributed by atoms with E-state index in [2.05, 4.69) is 64.7 Å². The van der Waals surface area contributed by atoms with Crippen LogP contribution in [0, 0.1) is 13.8 Å². The van der Waals surface area contributed by atoms with Crippen molar-refractivity contribution in [2.75, 3.05) is 11.9 Å². The van der Waals surface area contributed by atoms with Gasteiger partial charge in [0.1, 0.15) is 17.8 Å². The highest BCUT2D eigenvalue weighted by atomic mass is 15.5. The van der Waals surface area contributed by atoms with Gasteiger partial charge in [-0.15, -0.1) is 0 Å². The molecule has 1 N–H and O–H groups in total. The Morgan fingerprint density at radius 3 is 2.86 bits per heavy atom. The highest BCUT2D eigenvalue weighted by Gasteiger charge is 2.30. The molecule has 3 aromatic heterocycles. The van der Waals surface area contributed by atoms with Gasteiger partial charge in [0.2, 0.25) is 0 Å². The van der Waals surface area contributed by atoms with Crippen LogP contribution in [-0.2, 0) is 6.54 Å². The molecule has 7 nitrogen and oxygen atoms in total. The smallest absolute Gasteiger partial charge is 0.153 e. The number of nitrogens with zero attached hydrogens (tertiary/aromatic N) is 6. The molecule has 1 aliphatic heterocycles. The normalized spacial score (nSPS) is 14.6. The number of rotatable bonds is 5. The van der Waals surface area contributed by atoms with E-state index < -0.39 is 0 Å². The summed E-state index contributed by atoms with van der Waals surface area (Å²) in [5.41, 5.74) is 5.16. The number of likely N-dealkylation sites (N-methyl/N-ethyl adjacent to an activating group) is 1. The quantitative estimate of drug-likeness (QED) is 0.692. The zero-order valence-corrected chi connectivity index (χ0v) is 16.8. The molecule has 1 atom stereocenters. The molecule has 1 aliphatic rings. The average Bonchev–Trinajstić information content (AvgIpc) is 3.28. The van der Waals surface area contributed by atoms with E-state index in [9.17, 15) is 0 Å². The number of anilines is 1. The number of nitrogens with one attached hydrogen (secondary N) is 1. The fourth-order valence-corrected chi connectivity index (χ4v) is 3.62. The van der Waals surface area contributed by atoms with Gasteiger partial charge >= 0.3 is 0 Å². The highest BCUT2D eigenvalue weighted by molar-refractivity contribution is 5.96. The molecule has 0 aliphatic carbocycles. The minimum atomic E-state index is -0.0417. The van der Waals surface area contributed by atoms with Crippen molar-refractivity contribution >= 4 is 22.7 Å². The molecule has 3 aromatic rings. The number of hydrogen-bond acceptors (Lipinski definition) is 5. The second-order valence-electron chi connectivity index (χ2n) is 7.21. The Labute approximate surface area is 164 Å². The molecule has 0 amide bonds. The molecular formula is C21H25N7. The molecule has 7 heteroatoms. The van der Waals surface area contributed by atoms with E-state index in [1.54, 1.807) is 12.4 Å². The highest BCUT2D eigenvalue weighted by Crippen LogP contribution is 2.29. The monoisotopic (exact) mass is 375 g/mol. The number of amidine groups is 1. The van der Waals surface area contributed by atoms with Crippen molar-refractivity contribution in [2.45, 2.75) is 33.4 Å². The summed E-state index contributed by atoms with van der Waals surface area (Å²) >= 11 is 0. The van der Waals surface area contributed by atoms with Gasteiger partial charge < -0.3 is 14.8 Å². The van der Waals surface area contributed by atoms with Gasteiger partial charge in [0.15, 0.2) is 5.84 Å². The van der Waals surface area contributed by atoms with Gasteiger partial charge in [0, 0.05) is 25.1 Å². The molecule has 144 valence electrons. The van der Waals surface area contributed by atoms with Crippen LogP contribution in [0.1, 0.15) is 23.7 Å². The Kier molecular flexibility index (Phi) is 4.30. The lowest BCUT2D eigenvalue weighted by Gasteiger charge is -2.37. The van der Waals surface area contributed by atoms with Crippen LogP contribution in [0.5, 0.6) is 0 Å². The van der Waals surface area contributed by atoms with Crippen molar-refractivity contribution in [3.63, 3.8) is 0 Å². The summed E-state index contributed by atoms with van der Waals surface area (Å²) in [6.45, 7) is 15.1. The molecule has 28 heavy (non-hydrogen) atoms. The Morgan fingerprint density at radius 2 is 2.11 bits per heavy atom. The van der Waals surface area contributed by atoms with Crippen LogP contribution >= 0.6 is 0 Å². The molecule has 0 fully saturated rings. The maximum atomic E-state index is 4.91. The second kappa shape index (κ2) is 6.67. The summed E-state index contributed by atoms with van der Waals surface area (Å²) < 4.78 is 1.96. The molecule has 0 radical (unpaired) electrons. The van der Waals surface area contributed by atoms with Crippen molar-refractivity contribution in [3.05, 3.63) is 66.5 Å². The van der Waals surface area contributed by atoms with E-state index in [1.807, 2.05) is 24.1 Å². The van der Waals surface area contributed by atoms with Crippen molar-refractivity contribution < 1.29 is 0 Å². The van der Waals surface area contributed by atoms with Crippen molar-refractivity contribution in [1.82, 2.24) is 24.5 Å². The number of H-pyrrole nitrogens is 1. The number of aryl methyl sites for hydroxylation is 2. The van der Waals surface area contributed by atoms with E-state index >= 15 is 0 Å². The number of aromatic amines is 1. The number of allylic oxidation sites excluding steroid dienone is 1. The standard InChI is InChI=1S/C21H25N7/c1-7-15(4)27-11-17-13(2)8-9-28(17)25-20(27)16(5)26(6)21-18-14(3)10-22-19(18)23-12-24-21/h7-10,12,16H,1,4,11H2,2-3,5-6H3,(H,22,23,24). The first-order valence-electron chi connectivity index (χ1n) is 9.28. The third-order valence-electron chi connectivity index (χ3n) is 5.51. The maximum Gasteiger partial charge on any atom is 0.153 e. The van der Waals surface area contributed by atoms with Crippen LogP contribution in [0.3, 0.4) is 0 Å². The minimum absolute atomic E-state index is 0.0417. The maximum absolute atomic E-state index is 4.91. The summed E-state index contributed by atoms with van der Waals surface area (Å²) in [7, 11) is 2.03. The Balaban J connectivity index is 1.78. The van der Waals surface area contributed by atoms with Gasteiger partial charge in [-0.05, 0) is 44.0 Å². The summed E-state index contributed by atoms with van der Waals surface area (Å²) in [4.78, 5) is 16.4. The molecule has 0 saturated heterocycles. The molecule has 0 aromatic carbocycles. The van der Waals surface area contributed by atoms with Crippen molar-refractivity contribution in [2.24, 2.45) is 5.10 Å². The zero-order valence-electron chi connectivity index (χ0n) is 16.8. The van der Waals surface area contributed by atoms with Crippen LogP contribution in [0.15, 0.2) is 54.8 Å². The van der Waals surface area contributed by atoms with Gasteiger partial charge in [-0.25, -0.2) is 14.6 Å². The van der Waals surface area contributed by atoms with Gasteiger partial charge in [-0.3, -0.25) is 0 Å². The van der Waals surface area contributed by atoms with Crippen molar-refractivity contribution in [1.29, 1.82) is 0 Å². The van der Waals surface area contributed by atoms with Crippen LogP contribution in [0.25, 0.3) is 11.0 Å². The topological polar surface area (TPSA) is 65.3 Å². The van der Waals surface area contributed by atoms with Crippen LogP contribution in [-0.4, -0.2) is 43.5 Å². The lowest BCUT2D eigenvalue weighted by Crippen LogP contribution is -2.47. The first-order valence-corrected chi connectivity index (χ1v) is 9.28. The SMILES string of the molecule is C=CC(=C)N1Cc2c(C)ccn2N=C1C(C)N(C)c1ncnc2[nH]cc(C)c12. The fourth-order valence-electron chi connectivity index (χ4n) is 3.62. The Morgan fingerprint density at radius 1 is 1.32 bits per heavy atom. The summed E-state index contributed by atoms with van der Waals surface area (Å²) in [5, 5.41) is 5.94. The number of aromatic nitrogens is 4. The first kappa shape index (κ1) is 18.0. The lowest BCUT2D eigenvalue weighted by molar-refractivity contribution is 0.452. The van der Waals surface area contributed by atoms with E-state index in [1.165, 1.54) is 5.56 Å². The van der Waals surface area contributed by atoms with E-state index in [0.717, 1.165) is 39.6 Å². The van der Waals surface area contributed by atoms with Crippen LogP contribution in [0.4, 0.5) is 5.82 Å². The molecule has 0 saturated carbocycles. The molecule has 4 heterocycles. The van der Waals surface area contributed by atoms with Crippen molar-refractivity contribution in [3.8, 4) is 0 Å². The minimum Gasteiger partial charge on any atom is -0.349 e. The predicted octanol–water partition coefficient (Wildman–Crippen LogP) is 3.58. The van der Waals surface area contributed by atoms with Crippen LogP contribution in [0.2, 0.25) is 0 Å². The number of hydrogen-bond donors (Lipinski definition) is 1. The predicted molar refractivity (Wildman–Crippen MR) is 113 cm³/mol. The van der Waals surface area contributed by atoms with Gasteiger partial charge in [-0.2, -0.15) is 5.10 Å². The summed E-state index contributed by atoms with van der Waals surface area (Å²) in [6, 6.07) is 2.04. The Hall–Kier alpha value is -3.35. The lowest BCUT2D eigenvalue weighted by atomic mass is 10.1. The van der Waals surface area contributed by atoms with Crippen LogP contribution < -0.4 is 4.90 Å².